The average molecular weight is 118 g/mol. The summed E-state index contributed by atoms with van der Waals surface area (Å²) >= 11 is 0. The van der Waals surface area contributed by atoms with Gasteiger partial charge in [-0.25, -0.2) is 0 Å². The first-order valence-electron chi connectivity index (χ1n) is 2.62. The highest BCUT2D eigenvalue weighted by Crippen LogP contribution is 1.56. The van der Waals surface area contributed by atoms with Crippen LogP contribution < -0.4 is 0 Å². The highest BCUT2D eigenvalue weighted by Gasteiger charge is 1.77. The molecule has 0 fully saturated rings. The minimum Gasteiger partial charge on any atom is -0.457 e. The van der Waals surface area contributed by atoms with Crippen molar-refractivity contribution in [3.05, 3.63) is 0 Å². The van der Waals surface area contributed by atoms with E-state index in [-0.39, 0.29) is 0 Å². The van der Waals surface area contributed by atoms with E-state index in [1.54, 1.807) is 0 Å². The van der Waals surface area contributed by atoms with Crippen LogP contribution in [0.15, 0.2) is 0 Å². The third kappa shape index (κ3) is 37.3. The minimum atomic E-state index is -0.406. The van der Waals surface area contributed by atoms with E-state index in [2.05, 4.69) is 18.4 Å². The van der Waals surface area contributed by atoms with Crippen molar-refractivity contribution in [2.75, 3.05) is 0 Å². The Balaban J connectivity index is 0. The fraction of sp³-hybridized carbons (Fsp3) is 1.00. The van der Waals surface area contributed by atoms with Crippen LogP contribution in [0.5, 0.6) is 0 Å². The molecule has 0 amide bonds. The fourth-order valence-corrected chi connectivity index (χ4v) is 0.0408. The third-order valence-electron chi connectivity index (χ3n) is 0.183. The SMILES string of the molecule is CCC.OBOBO. The van der Waals surface area contributed by atoms with Gasteiger partial charge < -0.3 is 14.6 Å². The zero-order chi connectivity index (χ0) is 6.83. The van der Waals surface area contributed by atoms with E-state index in [4.69, 9.17) is 10.0 Å². The molecule has 0 radical (unpaired) electrons. The van der Waals surface area contributed by atoms with E-state index in [0.29, 0.717) is 0 Å². The molecular weight excluding hydrogens is 106 g/mol. The van der Waals surface area contributed by atoms with E-state index in [9.17, 15) is 0 Å². The highest BCUT2D eigenvalue weighted by molar-refractivity contribution is 6.32. The van der Waals surface area contributed by atoms with E-state index in [1.165, 1.54) is 6.42 Å². The lowest BCUT2D eigenvalue weighted by Crippen LogP contribution is -2.00. The lowest BCUT2D eigenvalue weighted by Gasteiger charge is -1.80. The zero-order valence-corrected chi connectivity index (χ0v) is 5.42. The summed E-state index contributed by atoms with van der Waals surface area (Å²) in [7, 11) is -0.812. The molecule has 0 rings (SSSR count). The molecule has 0 heterocycles. The summed E-state index contributed by atoms with van der Waals surface area (Å²) in [6, 6.07) is 0. The summed E-state index contributed by atoms with van der Waals surface area (Å²) in [4.78, 5) is 0. The van der Waals surface area contributed by atoms with Crippen LogP contribution >= 0.6 is 0 Å². The topological polar surface area (TPSA) is 49.7 Å². The Kier molecular flexibility index (Phi) is 21.4. The Bertz CT molecular complexity index is 26.5. The first kappa shape index (κ1) is 10.9. The van der Waals surface area contributed by atoms with Gasteiger partial charge in [0.15, 0.2) is 0 Å². The van der Waals surface area contributed by atoms with Gasteiger partial charge in [0.05, 0.1) is 0 Å². The summed E-state index contributed by atoms with van der Waals surface area (Å²) in [6.45, 7) is 4.25. The van der Waals surface area contributed by atoms with Gasteiger partial charge in [-0.15, -0.1) is 0 Å². The molecule has 0 aromatic rings. The quantitative estimate of drug-likeness (QED) is 0.454. The molecule has 2 N–H and O–H groups in total. The highest BCUT2D eigenvalue weighted by atomic mass is 16.5. The Morgan fingerprint density at radius 3 is 1.50 bits per heavy atom. The smallest absolute Gasteiger partial charge is 0.421 e. The monoisotopic (exact) mass is 118 g/mol. The van der Waals surface area contributed by atoms with E-state index < -0.39 is 15.4 Å². The predicted octanol–water partition coefficient (Wildman–Crippen LogP) is -1.06. The van der Waals surface area contributed by atoms with Crippen LogP contribution in [0, 0.1) is 0 Å². The van der Waals surface area contributed by atoms with Gasteiger partial charge in [0, 0.05) is 0 Å². The van der Waals surface area contributed by atoms with E-state index in [0.717, 1.165) is 0 Å². The normalized spacial score (nSPS) is 6.50. The lowest BCUT2D eigenvalue weighted by molar-refractivity contribution is 0.408. The van der Waals surface area contributed by atoms with Crippen LogP contribution in [-0.4, -0.2) is 25.4 Å². The molecule has 0 unspecified atom stereocenters. The number of hydrogen-bond donors (Lipinski definition) is 2. The standard InChI is InChI=1S/C3H8.B2H4O3/c1-3-2;3-1-5-2-4/h3H2,1-2H3;1-4H. The van der Waals surface area contributed by atoms with Crippen molar-refractivity contribution in [2.24, 2.45) is 0 Å². The number of hydrogen-bond acceptors (Lipinski definition) is 3. The molecule has 0 atom stereocenters. The van der Waals surface area contributed by atoms with Crippen molar-refractivity contribution in [2.45, 2.75) is 20.3 Å². The van der Waals surface area contributed by atoms with Crippen LogP contribution in [0.4, 0.5) is 0 Å². The molecule has 0 aliphatic carbocycles. The van der Waals surface area contributed by atoms with Crippen molar-refractivity contribution in [1.29, 1.82) is 0 Å². The van der Waals surface area contributed by atoms with Crippen LogP contribution in [0.25, 0.3) is 0 Å². The first-order valence-corrected chi connectivity index (χ1v) is 2.62. The molecule has 8 heavy (non-hydrogen) atoms. The van der Waals surface area contributed by atoms with Gasteiger partial charge in [-0.1, -0.05) is 20.3 Å². The van der Waals surface area contributed by atoms with Crippen LogP contribution in [0.1, 0.15) is 20.3 Å². The van der Waals surface area contributed by atoms with Crippen molar-refractivity contribution in [3.63, 3.8) is 0 Å². The Morgan fingerprint density at radius 1 is 1.25 bits per heavy atom. The molecule has 0 aliphatic rings. The van der Waals surface area contributed by atoms with Crippen molar-refractivity contribution in [3.8, 4) is 0 Å². The second kappa shape index (κ2) is 15.7. The van der Waals surface area contributed by atoms with Crippen LogP contribution in [0.2, 0.25) is 0 Å². The maximum atomic E-state index is 7.68. The van der Waals surface area contributed by atoms with Gasteiger partial charge in [0.1, 0.15) is 0 Å². The maximum Gasteiger partial charge on any atom is 0.421 e. The summed E-state index contributed by atoms with van der Waals surface area (Å²) in [6.07, 6.45) is 1.25. The summed E-state index contributed by atoms with van der Waals surface area (Å²) in [5.74, 6) is 0. The van der Waals surface area contributed by atoms with Gasteiger partial charge >= 0.3 is 15.4 Å². The Labute approximate surface area is 51.3 Å². The molecule has 0 aliphatic heterocycles. The van der Waals surface area contributed by atoms with E-state index in [1.807, 2.05) is 0 Å². The molecule has 0 aromatic heterocycles. The second-order valence-electron chi connectivity index (χ2n) is 1.17. The summed E-state index contributed by atoms with van der Waals surface area (Å²) < 4.78 is 3.94. The minimum absolute atomic E-state index is 0.406. The van der Waals surface area contributed by atoms with Crippen molar-refractivity contribution < 1.29 is 14.6 Å². The summed E-state index contributed by atoms with van der Waals surface area (Å²) in [5, 5.41) is 15.4. The van der Waals surface area contributed by atoms with Gasteiger partial charge in [-0.05, 0) is 0 Å². The molecule has 0 aromatic carbocycles. The largest absolute Gasteiger partial charge is 0.457 e. The zero-order valence-electron chi connectivity index (χ0n) is 5.42. The predicted molar refractivity (Wildman–Crippen MR) is 35.8 cm³/mol. The van der Waals surface area contributed by atoms with Crippen molar-refractivity contribution in [1.82, 2.24) is 0 Å². The average Bonchev–Trinajstić information content (AvgIpc) is 1.71. The second-order valence-corrected chi connectivity index (χ2v) is 1.17. The van der Waals surface area contributed by atoms with Gasteiger partial charge in [-0.3, -0.25) is 0 Å². The van der Waals surface area contributed by atoms with E-state index >= 15 is 0 Å². The molecule has 48 valence electrons. The van der Waals surface area contributed by atoms with Gasteiger partial charge in [0.2, 0.25) is 0 Å². The summed E-state index contributed by atoms with van der Waals surface area (Å²) in [5.41, 5.74) is 0. The molecule has 0 bridgehead atoms. The molecular formula is C3H12B2O3. The maximum absolute atomic E-state index is 7.68. The molecule has 5 heteroatoms. The third-order valence-corrected chi connectivity index (χ3v) is 0.183. The number of rotatable bonds is 2. The Morgan fingerprint density at radius 2 is 1.50 bits per heavy atom. The molecule has 0 saturated carbocycles. The fourth-order valence-electron chi connectivity index (χ4n) is 0.0408. The lowest BCUT2D eigenvalue weighted by atomic mass is 10.3. The van der Waals surface area contributed by atoms with Crippen LogP contribution in [-0.2, 0) is 4.57 Å². The van der Waals surface area contributed by atoms with Gasteiger partial charge in [-0.2, -0.15) is 0 Å². The van der Waals surface area contributed by atoms with Crippen LogP contribution in [0.3, 0.4) is 0 Å². The first-order chi connectivity index (χ1) is 3.83. The molecule has 3 nitrogen and oxygen atoms in total. The molecule has 0 saturated heterocycles. The molecule has 0 spiro atoms. The van der Waals surface area contributed by atoms with Crippen molar-refractivity contribution >= 4 is 15.4 Å². The Hall–Kier alpha value is 0.00987. The van der Waals surface area contributed by atoms with Gasteiger partial charge in [0.25, 0.3) is 0 Å².